The first-order valence-corrected chi connectivity index (χ1v) is 5.73. The van der Waals surface area contributed by atoms with E-state index in [9.17, 15) is 9.18 Å². The van der Waals surface area contributed by atoms with Crippen LogP contribution in [0, 0.1) is 5.82 Å². The highest BCUT2D eigenvalue weighted by molar-refractivity contribution is 5.95. The molecule has 0 spiro atoms. The summed E-state index contributed by atoms with van der Waals surface area (Å²) in [5, 5.41) is 2.81. The van der Waals surface area contributed by atoms with Crippen LogP contribution in [0.15, 0.2) is 18.2 Å². The molecule has 0 saturated carbocycles. The van der Waals surface area contributed by atoms with E-state index in [0.717, 1.165) is 18.9 Å². The molecule has 0 atom stereocenters. The zero-order chi connectivity index (χ0) is 13.1. The summed E-state index contributed by atoms with van der Waals surface area (Å²) in [4.78, 5) is 11.9. The van der Waals surface area contributed by atoms with Crippen LogP contribution in [0.2, 0.25) is 0 Å². The average Bonchev–Trinajstić information content (AvgIpc) is 2.15. The highest BCUT2D eigenvalue weighted by atomic mass is 19.1. The van der Waals surface area contributed by atoms with Gasteiger partial charge in [0.25, 0.3) is 5.91 Å². The molecule has 0 aromatic heterocycles. The van der Waals surface area contributed by atoms with Gasteiger partial charge in [-0.05, 0) is 38.5 Å². The number of rotatable bonds is 4. The lowest BCUT2D eigenvalue weighted by Gasteiger charge is -2.25. The van der Waals surface area contributed by atoms with E-state index in [4.69, 9.17) is 5.73 Å². The fraction of sp³-hybridized carbons (Fsp3) is 0.462. The Labute approximate surface area is 101 Å². The van der Waals surface area contributed by atoms with E-state index in [1.165, 1.54) is 12.1 Å². The SMILES string of the molecule is CCCC(C)(C)NC(=O)c1ccc(N)cc1F. The third-order valence-electron chi connectivity index (χ3n) is 2.56. The lowest BCUT2D eigenvalue weighted by molar-refractivity contribution is 0.0905. The molecule has 1 aromatic rings. The minimum atomic E-state index is -0.588. The number of amides is 1. The van der Waals surface area contributed by atoms with Gasteiger partial charge in [0.05, 0.1) is 5.56 Å². The zero-order valence-electron chi connectivity index (χ0n) is 10.5. The van der Waals surface area contributed by atoms with Gasteiger partial charge in [0.2, 0.25) is 0 Å². The van der Waals surface area contributed by atoms with Crippen molar-refractivity contribution in [1.29, 1.82) is 0 Å². The standard InChI is InChI=1S/C13H19FN2O/c1-4-7-13(2,3)16-12(17)10-6-5-9(15)8-11(10)14/h5-6,8H,4,7,15H2,1-3H3,(H,16,17). The summed E-state index contributed by atoms with van der Waals surface area (Å²) in [6.07, 6.45) is 1.80. The Balaban J connectivity index is 2.83. The number of nitrogen functional groups attached to an aromatic ring is 1. The maximum atomic E-state index is 13.5. The minimum Gasteiger partial charge on any atom is -0.399 e. The molecule has 1 amide bonds. The number of carbonyl (C=O) groups excluding carboxylic acids is 1. The van der Waals surface area contributed by atoms with Gasteiger partial charge in [-0.1, -0.05) is 13.3 Å². The van der Waals surface area contributed by atoms with E-state index in [1.807, 2.05) is 20.8 Å². The number of carbonyl (C=O) groups is 1. The quantitative estimate of drug-likeness (QED) is 0.792. The molecule has 3 nitrogen and oxygen atoms in total. The van der Waals surface area contributed by atoms with Gasteiger partial charge in [-0.25, -0.2) is 4.39 Å². The summed E-state index contributed by atoms with van der Waals surface area (Å²) < 4.78 is 13.5. The Morgan fingerprint density at radius 2 is 2.12 bits per heavy atom. The molecule has 1 rings (SSSR count). The third kappa shape index (κ3) is 3.73. The van der Waals surface area contributed by atoms with E-state index in [0.29, 0.717) is 5.69 Å². The Kier molecular flexibility index (Phi) is 4.10. The van der Waals surface area contributed by atoms with Crippen LogP contribution in [0.3, 0.4) is 0 Å². The highest BCUT2D eigenvalue weighted by Crippen LogP contribution is 2.15. The molecule has 0 aliphatic heterocycles. The Bertz CT molecular complexity index is 416. The van der Waals surface area contributed by atoms with Crippen LogP contribution in [0.25, 0.3) is 0 Å². The molecule has 0 aliphatic rings. The molecule has 0 bridgehead atoms. The normalized spacial score (nSPS) is 11.3. The van der Waals surface area contributed by atoms with Crippen molar-refractivity contribution in [2.45, 2.75) is 39.2 Å². The monoisotopic (exact) mass is 238 g/mol. The zero-order valence-corrected chi connectivity index (χ0v) is 10.5. The lowest BCUT2D eigenvalue weighted by Crippen LogP contribution is -2.43. The van der Waals surface area contributed by atoms with Crippen LogP contribution >= 0.6 is 0 Å². The molecule has 0 aliphatic carbocycles. The third-order valence-corrected chi connectivity index (χ3v) is 2.56. The second-order valence-electron chi connectivity index (χ2n) is 4.83. The van der Waals surface area contributed by atoms with Crippen LogP contribution in [0.5, 0.6) is 0 Å². The molecule has 3 N–H and O–H groups in total. The van der Waals surface area contributed by atoms with Crippen molar-refractivity contribution in [3.8, 4) is 0 Å². The number of benzene rings is 1. The molecular weight excluding hydrogens is 219 g/mol. The van der Waals surface area contributed by atoms with Gasteiger partial charge < -0.3 is 11.1 Å². The number of hydrogen-bond donors (Lipinski definition) is 2. The minimum absolute atomic E-state index is 0.0309. The van der Waals surface area contributed by atoms with Crippen LogP contribution in [-0.2, 0) is 0 Å². The summed E-state index contributed by atoms with van der Waals surface area (Å²) in [6, 6.07) is 4.08. The topological polar surface area (TPSA) is 55.1 Å². The van der Waals surface area contributed by atoms with Crippen molar-refractivity contribution in [3.05, 3.63) is 29.6 Å². The summed E-state index contributed by atoms with van der Waals surface area (Å²) in [5.41, 5.74) is 5.44. The van der Waals surface area contributed by atoms with Crippen molar-refractivity contribution in [2.24, 2.45) is 0 Å². The van der Waals surface area contributed by atoms with Crippen LogP contribution in [0.4, 0.5) is 10.1 Å². The second kappa shape index (κ2) is 5.17. The molecule has 4 heteroatoms. The van der Waals surface area contributed by atoms with Crippen LogP contribution in [-0.4, -0.2) is 11.4 Å². The smallest absolute Gasteiger partial charge is 0.254 e. The van der Waals surface area contributed by atoms with Crippen molar-refractivity contribution < 1.29 is 9.18 Å². The lowest BCUT2D eigenvalue weighted by atomic mass is 9.98. The first-order valence-electron chi connectivity index (χ1n) is 5.73. The predicted molar refractivity (Wildman–Crippen MR) is 67.3 cm³/mol. The van der Waals surface area contributed by atoms with Crippen molar-refractivity contribution in [2.75, 3.05) is 5.73 Å². The first-order chi connectivity index (χ1) is 7.85. The molecule has 0 radical (unpaired) electrons. The van der Waals surface area contributed by atoms with Gasteiger partial charge >= 0.3 is 0 Å². The molecule has 0 unspecified atom stereocenters. The van der Waals surface area contributed by atoms with Gasteiger partial charge in [0, 0.05) is 11.2 Å². The molecular formula is C13H19FN2O. The van der Waals surface area contributed by atoms with E-state index in [2.05, 4.69) is 5.32 Å². The van der Waals surface area contributed by atoms with Crippen molar-refractivity contribution in [3.63, 3.8) is 0 Å². The Morgan fingerprint density at radius 1 is 1.47 bits per heavy atom. The number of anilines is 1. The number of nitrogens with two attached hydrogens (primary N) is 1. The van der Waals surface area contributed by atoms with Gasteiger partial charge in [-0.2, -0.15) is 0 Å². The fourth-order valence-electron chi connectivity index (χ4n) is 1.78. The molecule has 94 valence electrons. The van der Waals surface area contributed by atoms with E-state index in [1.54, 1.807) is 0 Å². The highest BCUT2D eigenvalue weighted by Gasteiger charge is 2.21. The molecule has 17 heavy (non-hydrogen) atoms. The number of halogens is 1. The Hall–Kier alpha value is -1.58. The van der Waals surface area contributed by atoms with Crippen molar-refractivity contribution in [1.82, 2.24) is 5.32 Å². The fourth-order valence-corrected chi connectivity index (χ4v) is 1.78. The van der Waals surface area contributed by atoms with Gasteiger partial charge in [-0.15, -0.1) is 0 Å². The summed E-state index contributed by atoms with van der Waals surface area (Å²) in [7, 11) is 0. The van der Waals surface area contributed by atoms with Gasteiger partial charge in [0.1, 0.15) is 5.82 Å². The van der Waals surface area contributed by atoms with Gasteiger partial charge in [0.15, 0.2) is 0 Å². The maximum Gasteiger partial charge on any atom is 0.254 e. The predicted octanol–water partition coefficient (Wildman–Crippen LogP) is 2.72. The molecule has 1 aromatic carbocycles. The van der Waals surface area contributed by atoms with Gasteiger partial charge in [-0.3, -0.25) is 4.79 Å². The molecule has 0 fully saturated rings. The van der Waals surface area contributed by atoms with E-state index < -0.39 is 11.7 Å². The average molecular weight is 238 g/mol. The molecule has 0 saturated heterocycles. The van der Waals surface area contributed by atoms with E-state index >= 15 is 0 Å². The second-order valence-corrected chi connectivity index (χ2v) is 4.83. The largest absolute Gasteiger partial charge is 0.399 e. The summed E-state index contributed by atoms with van der Waals surface area (Å²) in [5.74, 6) is -0.990. The van der Waals surface area contributed by atoms with Crippen LogP contribution in [0.1, 0.15) is 44.0 Å². The maximum absolute atomic E-state index is 13.5. The Morgan fingerprint density at radius 3 is 2.65 bits per heavy atom. The number of hydrogen-bond acceptors (Lipinski definition) is 2. The number of nitrogens with one attached hydrogen (secondary N) is 1. The first kappa shape index (κ1) is 13.5. The van der Waals surface area contributed by atoms with E-state index in [-0.39, 0.29) is 11.1 Å². The summed E-state index contributed by atoms with van der Waals surface area (Å²) in [6.45, 7) is 5.88. The van der Waals surface area contributed by atoms with Crippen LogP contribution < -0.4 is 11.1 Å². The van der Waals surface area contributed by atoms with Crippen molar-refractivity contribution >= 4 is 11.6 Å². The summed E-state index contributed by atoms with van der Waals surface area (Å²) >= 11 is 0. The molecule has 0 heterocycles.